The molecule has 0 aromatic heterocycles. The van der Waals surface area contributed by atoms with Crippen LogP contribution in [0.3, 0.4) is 0 Å². The molecule has 0 saturated heterocycles. The number of carbonyl (C=O) groups excluding carboxylic acids is 1. The molecule has 146 valence electrons. The summed E-state index contributed by atoms with van der Waals surface area (Å²) in [6.45, 7) is 0.695. The van der Waals surface area contributed by atoms with Crippen molar-refractivity contribution in [3.05, 3.63) is 48.0 Å². The molecule has 0 heterocycles. The molecule has 0 aliphatic rings. The molecule has 0 fully saturated rings. The lowest BCUT2D eigenvalue weighted by Crippen LogP contribution is -2.27. The minimum Gasteiger partial charge on any atom is -0.493 e. The Hall–Kier alpha value is -2.78. The number of ether oxygens (including phenoxy) is 3. The Morgan fingerprint density at radius 3 is 2.41 bits per heavy atom. The maximum atomic E-state index is 12.7. The summed E-state index contributed by atoms with van der Waals surface area (Å²) in [6.07, 6.45) is 0. The van der Waals surface area contributed by atoms with Crippen LogP contribution in [0.1, 0.15) is 10.4 Å². The highest BCUT2D eigenvalue weighted by Gasteiger charge is 2.17. The number of anilines is 1. The maximum Gasteiger partial charge on any atom is 0.261 e. The summed E-state index contributed by atoms with van der Waals surface area (Å²) in [5.74, 6) is 0.495. The average molecular weight is 394 g/mol. The van der Waals surface area contributed by atoms with Crippen molar-refractivity contribution < 1.29 is 27.4 Å². The molecule has 27 heavy (non-hydrogen) atoms. The van der Waals surface area contributed by atoms with E-state index in [4.69, 9.17) is 14.2 Å². The lowest BCUT2D eigenvalue weighted by molar-refractivity contribution is 0.0937. The van der Waals surface area contributed by atoms with Gasteiger partial charge in [0, 0.05) is 25.3 Å². The van der Waals surface area contributed by atoms with Crippen LogP contribution in [-0.4, -0.2) is 48.8 Å². The van der Waals surface area contributed by atoms with Gasteiger partial charge in [-0.1, -0.05) is 6.07 Å². The number of hydrogen-bond acceptors (Lipinski definition) is 6. The van der Waals surface area contributed by atoms with Crippen LogP contribution in [0.25, 0.3) is 0 Å². The SMILES string of the molecule is COCCNC(=O)c1cccc(S(=O)(=O)Nc2ccc(OC)c(OC)c2)c1. The summed E-state index contributed by atoms with van der Waals surface area (Å²) in [5, 5.41) is 2.65. The zero-order valence-corrected chi connectivity index (χ0v) is 16.1. The Morgan fingerprint density at radius 1 is 1.00 bits per heavy atom. The van der Waals surface area contributed by atoms with Crippen LogP contribution >= 0.6 is 0 Å². The smallest absolute Gasteiger partial charge is 0.261 e. The van der Waals surface area contributed by atoms with Gasteiger partial charge in [0.25, 0.3) is 15.9 Å². The molecule has 0 saturated carbocycles. The first kappa shape index (κ1) is 20.5. The van der Waals surface area contributed by atoms with Gasteiger partial charge < -0.3 is 19.5 Å². The van der Waals surface area contributed by atoms with E-state index in [2.05, 4.69) is 10.0 Å². The van der Waals surface area contributed by atoms with Crippen molar-refractivity contribution in [2.45, 2.75) is 4.90 Å². The number of carbonyl (C=O) groups is 1. The van der Waals surface area contributed by atoms with Gasteiger partial charge in [-0.15, -0.1) is 0 Å². The van der Waals surface area contributed by atoms with Crippen molar-refractivity contribution in [1.29, 1.82) is 0 Å². The largest absolute Gasteiger partial charge is 0.493 e. The van der Waals surface area contributed by atoms with Crippen LogP contribution in [0.4, 0.5) is 5.69 Å². The van der Waals surface area contributed by atoms with E-state index in [0.29, 0.717) is 30.3 Å². The first-order valence-electron chi connectivity index (χ1n) is 8.03. The van der Waals surface area contributed by atoms with E-state index in [0.717, 1.165) is 0 Å². The molecule has 0 bridgehead atoms. The van der Waals surface area contributed by atoms with Crippen LogP contribution < -0.4 is 19.5 Å². The number of sulfonamides is 1. The molecule has 2 aromatic rings. The van der Waals surface area contributed by atoms with Crippen molar-refractivity contribution in [2.24, 2.45) is 0 Å². The topological polar surface area (TPSA) is 103 Å². The van der Waals surface area contributed by atoms with E-state index < -0.39 is 10.0 Å². The quantitative estimate of drug-likeness (QED) is 0.630. The van der Waals surface area contributed by atoms with Gasteiger partial charge in [-0.2, -0.15) is 0 Å². The maximum absolute atomic E-state index is 12.7. The second-order valence-electron chi connectivity index (χ2n) is 5.45. The van der Waals surface area contributed by atoms with E-state index >= 15 is 0 Å². The van der Waals surface area contributed by atoms with E-state index in [-0.39, 0.29) is 16.4 Å². The lowest BCUT2D eigenvalue weighted by Gasteiger charge is -2.12. The van der Waals surface area contributed by atoms with Crippen molar-refractivity contribution in [1.82, 2.24) is 5.32 Å². The molecule has 9 heteroatoms. The predicted octanol–water partition coefficient (Wildman–Crippen LogP) is 1.88. The molecule has 0 atom stereocenters. The van der Waals surface area contributed by atoms with Crippen LogP contribution in [0, 0.1) is 0 Å². The highest BCUT2D eigenvalue weighted by molar-refractivity contribution is 7.92. The van der Waals surface area contributed by atoms with Crippen molar-refractivity contribution in [2.75, 3.05) is 39.2 Å². The molecule has 0 aliphatic heterocycles. The molecule has 8 nitrogen and oxygen atoms in total. The normalized spacial score (nSPS) is 10.9. The van der Waals surface area contributed by atoms with Crippen molar-refractivity contribution in [3.8, 4) is 11.5 Å². The number of amides is 1. The van der Waals surface area contributed by atoms with Gasteiger partial charge in [0.05, 0.1) is 31.4 Å². The van der Waals surface area contributed by atoms with Crippen LogP contribution in [0.2, 0.25) is 0 Å². The van der Waals surface area contributed by atoms with Gasteiger partial charge in [-0.3, -0.25) is 9.52 Å². The average Bonchev–Trinajstić information content (AvgIpc) is 2.67. The first-order valence-corrected chi connectivity index (χ1v) is 9.51. The highest BCUT2D eigenvalue weighted by Crippen LogP contribution is 2.30. The molecular weight excluding hydrogens is 372 g/mol. The van der Waals surface area contributed by atoms with Gasteiger partial charge in [0.1, 0.15) is 0 Å². The first-order chi connectivity index (χ1) is 12.9. The Morgan fingerprint density at radius 2 is 1.74 bits per heavy atom. The Kier molecular flexibility index (Phi) is 7.03. The van der Waals surface area contributed by atoms with E-state index in [1.165, 1.54) is 51.7 Å². The third kappa shape index (κ3) is 5.35. The number of rotatable bonds is 9. The van der Waals surface area contributed by atoms with Crippen LogP contribution in [-0.2, 0) is 14.8 Å². The van der Waals surface area contributed by atoms with Gasteiger partial charge in [0.2, 0.25) is 0 Å². The molecular formula is C18H22N2O6S. The minimum absolute atomic E-state index is 0.0309. The van der Waals surface area contributed by atoms with E-state index in [1.54, 1.807) is 12.1 Å². The van der Waals surface area contributed by atoms with E-state index in [1.807, 2.05) is 0 Å². The van der Waals surface area contributed by atoms with E-state index in [9.17, 15) is 13.2 Å². The number of hydrogen-bond donors (Lipinski definition) is 2. The summed E-state index contributed by atoms with van der Waals surface area (Å²) in [6, 6.07) is 10.4. The fraction of sp³-hybridized carbons (Fsp3) is 0.278. The Balaban J connectivity index is 2.21. The second-order valence-corrected chi connectivity index (χ2v) is 7.13. The molecule has 0 unspecified atom stereocenters. The van der Waals surface area contributed by atoms with Gasteiger partial charge >= 0.3 is 0 Å². The number of benzene rings is 2. The van der Waals surface area contributed by atoms with Crippen LogP contribution in [0.15, 0.2) is 47.4 Å². The van der Waals surface area contributed by atoms with Crippen LogP contribution in [0.5, 0.6) is 11.5 Å². The highest BCUT2D eigenvalue weighted by atomic mass is 32.2. The molecule has 0 radical (unpaired) electrons. The van der Waals surface area contributed by atoms with Gasteiger partial charge in [-0.05, 0) is 30.3 Å². The monoisotopic (exact) mass is 394 g/mol. The fourth-order valence-corrected chi connectivity index (χ4v) is 3.38. The summed E-state index contributed by atoms with van der Waals surface area (Å²) < 4.78 is 42.9. The summed E-state index contributed by atoms with van der Waals surface area (Å²) in [4.78, 5) is 12.1. The third-order valence-electron chi connectivity index (χ3n) is 3.63. The molecule has 0 aliphatic carbocycles. The molecule has 0 spiro atoms. The van der Waals surface area contributed by atoms with Crippen molar-refractivity contribution in [3.63, 3.8) is 0 Å². The molecule has 2 aromatic carbocycles. The van der Waals surface area contributed by atoms with Gasteiger partial charge in [-0.25, -0.2) is 8.42 Å². The molecule has 2 rings (SSSR count). The summed E-state index contributed by atoms with van der Waals surface area (Å²) >= 11 is 0. The number of nitrogens with one attached hydrogen (secondary N) is 2. The van der Waals surface area contributed by atoms with Gasteiger partial charge in [0.15, 0.2) is 11.5 Å². The third-order valence-corrected chi connectivity index (χ3v) is 5.01. The predicted molar refractivity (Wildman–Crippen MR) is 101 cm³/mol. The molecule has 2 N–H and O–H groups in total. The zero-order chi connectivity index (χ0) is 19.9. The summed E-state index contributed by atoms with van der Waals surface area (Å²) in [7, 11) is 0.588. The lowest BCUT2D eigenvalue weighted by atomic mass is 10.2. The van der Waals surface area contributed by atoms with Crippen molar-refractivity contribution >= 4 is 21.6 Å². The summed E-state index contributed by atoms with van der Waals surface area (Å²) in [5.41, 5.74) is 0.545. The standard InChI is InChI=1S/C18H22N2O6S/c1-24-10-9-19-18(21)13-5-4-6-15(11-13)27(22,23)20-14-7-8-16(25-2)17(12-14)26-3/h4-8,11-12,20H,9-10H2,1-3H3,(H,19,21). The molecule has 1 amide bonds. The fourth-order valence-electron chi connectivity index (χ4n) is 2.29. The Labute approximate surface area is 158 Å². The minimum atomic E-state index is -3.89. The number of methoxy groups -OCH3 is 3. The second kappa shape index (κ2) is 9.24. The Bertz CT molecular complexity index is 898. The zero-order valence-electron chi connectivity index (χ0n) is 15.3.